The van der Waals surface area contributed by atoms with Gasteiger partial charge in [0.2, 0.25) is 0 Å². The van der Waals surface area contributed by atoms with Gasteiger partial charge < -0.3 is 14.7 Å². The van der Waals surface area contributed by atoms with Crippen LogP contribution in [0.3, 0.4) is 0 Å². The van der Waals surface area contributed by atoms with Gasteiger partial charge in [-0.15, -0.1) is 0 Å². The number of aliphatic hydroxyl groups is 1. The van der Waals surface area contributed by atoms with E-state index in [0.29, 0.717) is 6.04 Å². The molecule has 1 N–H and O–H groups in total. The molecule has 1 rings (SSSR count). The summed E-state index contributed by atoms with van der Waals surface area (Å²) in [6.07, 6.45) is 3.55. The van der Waals surface area contributed by atoms with Crippen LogP contribution in [0.1, 0.15) is 53.4 Å². The van der Waals surface area contributed by atoms with E-state index in [4.69, 9.17) is 4.74 Å². The molecule has 1 aliphatic rings. The lowest BCUT2D eigenvalue weighted by atomic mass is 9.83. The van der Waals surface area contributed by atoms with Gasteiger partial charge in [0.15, 0.2) is 0 Å². The van der Waals surface area contributed by atoms with Crippen molar-refractivity contribution in [2.75, 3.05) is 20.2 Å². The fourth-order valence-corrected chi connectivity index (χ4v) is 2.34. The van der Waals surface area contributed by atoms with E-state index >= 15 is 0 Å². The maximum atomic E-state index is 10.5. The Kier molecular flexibility index (Phi) is 4.99. The highest BCUT2D eigenvalue weighted by Gasteiger charge is 2.34. The molecule has 17 heavy (non-hydrogen) atoms. The van der Waals surface area contributed by atoms with Crippen molar-refractivity contribution in [3.05, 3.63) is 0 Å². The smallest absolute Gasteiger partial charge is 0.0673 e. The van der Waals surface area contributed by atoms with E-state index in [1.165, 1.54) is 0 Å². The lowest BCUT2D eigenvalue weighted by Gasteiger charge is -2.41. The molecular weight excluding hydrogens is 214 g/mol. The van der Waals surface area contributed by atoms with Gasteiger partial charge in [0, 0.05) is 26.2 Å². The van der Waals surface area contributed by atoms with Crippen molar-refractivity contribution in [3.63, 3.8) is 0 Å². The molecule has 0 unspecified atom stereocenters. The third kappa shape index (κ3) is 4.57. The molecule has 0 aromatic heterocycles. The Morgan fingerprint density at radius 2 is 1.82 bits per heavy atom. The number of likely N-dealkylation sites (tertiary alicyclic amines) is 1. The molecule has 0 aromatic carbocycles. The van der Waals surface area contributed by atoms with Crippen LogP contribution in [0.25, 0.3) is 0 Å². The van der Waals surface area contributed by atoms with Gasteiger partial charge in [-0.1, -0.05) is 0 Å². The summed E-state index contributed by atoms with van der Waals surface area (Å²) in [6.45, 7) is 10.6. The molecule has 1 heterocycles. The molecule has 1 fully saturated rings. The molecule has 0 radical (unpaired) electrons. The van der Waals surface area contributed by atoms with Crippen molar-refractivity contribution in [1.82, 2.24) is 4.90 Å². The number of hydrogen-bond donors (Lipinski definition) is 1. The van der Waals surface area contributed by atoms with Gasteiger partial charge in [0.25, 0.3) is 0 Å². The van der Waals surface area contributed by atoms with Gasteiger partial charge >= 0.3 is 0 Å². The molecule has 0 aliphatic carbocycles. The topological polar surface area (TPSA) is 32.7 Å². The second-order valence-electron chi connectivity index (χ2n) is 6.32. The normalized spacial score (nSPS) is 22.1. The molecule has 0 atom stereocenters. The summed E-state index contributed by atoms with van der Waals surface area (Å²) < 4.78 is 5.41. The fourth-order valence-electron chi connectivity index (χ4n) is 2.34. The Morgan fingerprint density at radius 1 is 1.29 bits per heavy atom. The van der Waals surface area contributed by atoms with Crippen molar-refractivity contribution in [2.45, 2.75) is 70.6 Å². The largest absolute Gasteiger partial charge is 0.390 e. The molecule has 0 saturated carbocycles. The van der Waals surface area contributed by atoms with Gasteiger partial charge in [-0.3, -0.25) is 0 Å². The summed E-state index contributed by atoms with van der Waals surface area (Å²) in [4.78, 5) is 2.44. The maximum Gasteiger partial charge on any atom is 0.0673 e. The van der Waals surface area contributed by atoms with Crippen LogP contribution < -0.4 is 0 Å². The predicted octanol–water partition coefficient (Wildman–Crippen LogP) is 2.43. The Morgan fingerprint density at radius 3 is 2.24 bits per heavy atom. The number of piperidine rings is 1. The number of ether oxygens (including phenoxy) is 1. The van der Waals surface area contributed by atoms with Crippen LogP contribution in [-0.4, -0.2) is 47.4 Å². The number of rotatable bonds is 5. The fraction of sp³-hybridized carbons (Fsp3) is 1.00. The molecule has 1 aliphatic heterocycles. The quantitative estimate of drug-likeness (QED) is 0.805. The predicted molar refractivity (Wildman–Crippen MR) is 71.2 cm³/mol. The molecule has 1 saturated heterocycles. The standard InChI is InChI=1S/C14H29NO2/c1-12(2)15-10-8-14(16,9-11-15)7-6-13(3,4)17-5/h12,16H,6-11H2,1-5H3. The van der Waals surface area contributed by atoms with E-state index in [2.05, 4.69) is 32.6 Å². The van der Waals surface area contributed by atoms with Crippen LogP contribution in [0.4, 0.5) is 0 Å². The Balaban J connectivity index is 2.40. The number of methoxy groups -OCH3 is 1. The second kappa shape index (κ2) is 5.68. The van der Waals surface area contributed by atoms with Crippen molar-refractivity contribution in [2.24, 2.45) is 0 Å². The highest BCUT2D eigenvalue weighted by atomic mass is 16.5. The third-order valence-electron chi connectivity index (χ3n) is 4.20. The van der Waals surface area contributed by atoms with Crippen LogP contribution >= 0.6 is 0 Å². The first-order valence-corrected chi connectivity index (χ1v) is 6.80. The first kappa shape index (κ1) is 14.9. The molecule has 0 bridgehead atoms. The zero-order chi connectivity index (χ0) is 13.1. The van der Waals surface area contributed by atoms with Gasteiger partial charge in [-0.25, -0.2) is 0 Å². The lowest BCUT2D eigenvalue weighted by molar-refractivity contribution is -0.0589. The first-order valence-electron chi connectivity index (χ1n) is 6.80. The summed E-state index contributed by atoms with van der Waals surface area (Å²) in [5, 5.41) is 10.5. The first-order chi connectivity index (χ1) is 7.78. The minimum atomic E-state index is -0.471. The summed E-state index contributed by atoms with van der Waals surface area (Å²) in [6, 6.07) is 0.593. The summed E-state index contributed by atoms with van der Waals surface area (Å²) >= 11 is 0. The van der Waals surface area contributed by atoms with E-state index in [1.54, 1.807) is 7.11 Å². The Hall–Kier alpha value is -0.120. The molecule has 0 spiro atoms. The SMILES string of the molecule is COC(C)(C)CCC1(O)CCN(C(C)C)CC1. The molecule has 0 aromatic rings. The van der Waals surface area contributed by atoms with E-state index in [1.807, 2.05) is 0 Å². The second-order valence-corrected chi connectivity index (χ2v) is 6.32. The highest BCUT2D eigenvalue weighted by molar-refractivity contribution is 4.88. The molecule has 3 heteroatoms. The number of hydrogen-bond acceptors (Lipinski definition) is 3. The van der Waals surface area contributed by atoms with Crippen molar-refractivity contribution >= 4 is 0 Å². The van der Waals surface area contributed by atoms with Gasteiger partial charge in [-0.2, -0.15) is 0 Å². The van der Waals surface area contributed by atoms with Crippen molar-refractivity contribution in [3.8, 4) is 0 Å². The van der Waals surface area contributed by atoms with Crippen LogP contribution in [-0.2, 0) is 4.74 Å². The van der Waals surface area contributed by atoms with Gasteiger partial charge in [0.1, 0.15) is 0 Å². The minimum Gasteiger partial charge on any atom is -0.390 e. The van der Waals surface area contributed by atoms with E-state index < -0.39 is 5.60 Å². The van der Waals surface area contributed by atoms with E-state index in [-0.39, 0.29) is 5.60 Å². The Bertz CT molecular complexity index is 230. The van der Waals surface area contributed by atoms with Gasteiger partial charge in [0.05, 0.1) is 11.2 Å². The molecular formula is C14H29NO2. The average molecular weight is 243 g/mol. The zero-order valence-corrected chi connectivity index (χ0v) is 12.1. The van der Waals surface area contributed by atoms with Crippen LogP contribution in [0.15, 0.2) is 0 Å². The van der Waals surface area contributed by atoms with Crippen LogP contribution in [0, 0.1) is 0 Å². The number of nitrogens with zero attached hydrogens (tertiary/aromatic N) is 1. The monoisotopic (exact) mass is 243 g/mol. The summed E-state index contributed by atoms with van der Waals surface area (Å²) in [7, 11) is 1.74. The molecule has 102 valence electrons. The highest BCUT2D eigenvalue weighted by Crippen LogP contribution is 2.30. The van der Waals surface area contributed by atoms with Crippen molar-refractivity contribution < 1.29 is 9.84 Å². The van der Waals surface area contributed by atoms with Gasteiger partial charge in [-0.05, 0) is 53.4 Å². The molecule has 3 nitrogen and oxygen atoms in total. The zero-order valence-electron chi connectivity index (χ0n) is 12.1. The summed E-state index contributed by atoms with van der Waals surface area (Å²) in [5.74, 6) is 0. The Labute approximate surface area is 106 Å². The third-order valence-corrected chi connectivity index (χ3v) is 4.20. The van der Waals surface area contributed by atoms with Crippen LogP contribution in [0.5, 0.6) is 0 Å². The van der Waals surface area contributed by atoms with Crippen LogP contribution in [0.2, 0.25) is 0 Å². The molecule has 0 amide bonds. The lowest BCUT2D eigenvalue weighted by Crippen LogP contribution is -2.47. The van der Waals surface area contributed by atoms with Crippen molar-refractivity contribution in [1.29, 1.82) is 0 Å². The summed E-state index contributed by atoms with van der Waals surface area (Å²) in [5.41, 5.74) is -0.591. The van der Waals surface area contributed by atoms with E-state index in [9.17, 15) is 5.11 Å². The average Bonchev–Trinajstić information content (AvgIpc) is 2.27. The maximum absolute atomic E-state index is 10.5. The minimum absolute atomic E-state index is 0.120. The van der Waals surface area contributed by atoms with E-state index in [0.717, 1.165) is 38.8 Å².